The van der Waals surface area contributed by atoms with Gasteiger partial charge in [-0.3, -0.25) is 14.9 Å². The maximum Gasteiger partial charge on any atom is 0.270 e. The monoisotopic (exact) mass is 289 g/mol. The van der Waals surface area contributed by atoms with Crippen LogP contribution in [0.1, 0.15) is 13.8 Å². The van der Waals surface area contributed by atoms with Crippen molar-refractivity contribution in [2.45, 2.75) is 13.8 Å². The topological polar surface area (TPSA) is 124 Å². The summed E-state index contributed by atoms with van der Waals surface area (Å²) < 4.78 is 0. The molecule has 0 bridgehead atoms. The van der Waals surface area contributed by atoms with Crippen LogP contribution < -0.4 is 11.1 Å². The number of nitro groups is 1. The SMILES string of the molecule is CC(C)(CNc1ncnc2ccc([N+](=O)[O-])cc12)C(N)=O. The summed E-state index contributed by atoms with van der Waals surface area (Å²) in [5.74, 6) is -0.0163. The van der Waals surface area contributed by atoms with Crippen LogP contribution in [-0.4, -0.2) is 27.3 Å². The number of benzene rings is 1. The van der Waals surface area contributed by atoms with Crippen molar-refractivity contribution in [2.75, 3.05) is 11.9 Å². The lowest BCUT2D eigenvalue weighted by Gasteiger charge is -2.21. The highest BCUT2D eigenvalue weighted by Crippen LogP contribution is 2.25. The zero-order valence-corrected chi connectivity index (χ0v) is 11.7. The van der Waals surface area contributed by atoms with E-state index in [9.17, 15) is 14.9 Å². The standard InChI is InChI=1S/C13H15N5O3/c1-13(2,12(14)19)6-15-11-9-5-8(18(20)21)3-4-10(9)16-7-17-11/h3-5,7H,6H2,1-2H3,(H2,14,19)(H,15,16,17). The number of non-ortho nitro benzene ring substituents is 1. The van der Waals surface area contributed by atoms with Gasteiger partial charge in [-0.2, -0.15) is 0 Å². The highest BCUT2D eigenvalue weighted by Gasteiger charge is 2.25. The van der Waals surface area contributed by atoms with E-state index in [2.05, 4.69) is 15.3 Å². The Morgan fingerprint density at radius 2 is 2.14 bits per heavy atom. The molecule has 0 aliphatic heterocycles. The van der Waals surface area contributed by atoms with E-state index in [0.29, 0.717) is 16.7 Å². The number of hydrogen-bond donors (Lipinski definition) is 2. The van der Waals surface area contributed by atoms with Crippen LogP contribution >= 0.6 is 0 Å². The molecule has 2 aromatic rings. The van der Waals surface area contributed by atoms with E-state index >= 15 is 0 Å². The second-order valence-electron chi connectivity index (χ2n) is 5.28. The fourth-order valence-electron chi connectivity index (χ4n) is 1.69. The maximum atomic E-state index is 11.3. The van der Waals surface area contributed by atoms with E-state index in [1.807, 2.05) is 0 Å². The predicted octanol–water partition coefficient (Wildman–Crippen LogP) is 1.46. The Bertz CT molecular complexity index is 714. The van der Waals surface area contributed by atoms with Gasteiger partial charge in [-0.1, -0.05) is 0 Å². The molecule has 1 aromatic heterocycles. The molecule has 0 saturated carbocycles. The largest absolute Gasteiger partial charge is 0.369 e. The summed E-state index contributed by atoms with van der Waals surface area (Å²) in [4.78, 5) is 29.8. The Labute approximate surface area is 120 Å². The van der Waals surface area contributed by atoms with Crippen LogP contribution in [0.25, 0.3) is 10.9 Å². The number of fused-ring (bicyclic) bond motifs is 1. The molecule has 21 heavy (non-hydrogen) atoms. The molecule has 0 aliphatic rings. The minimum atomic E-state index is -0.766. The number of nitro benzene ring substituents is 1. The first-order chi connectivity index (χ1) is 9.81. The third-order valence-electron chi connectivity index (χ3n) is 3.19. The molecule has 8 heteroatoms. The molecule has 0 unspecified atom stereocenters. The number of anilines is 1. The summed E-state index contributed by atoms with van der Waals surface area (Å²) in [7, 11) is 0. The quantitative estimate of drug-likeness (QED) is 0.634. The highest BCUT2D eigenvalue weighted by molar-refractivity contribution is 5.90. The third kappa shape index (κ3) is 3.04. The summed E-state index contributed by atoms with van der Waals surface area (Å²) in [6, 6.07) is 4.33. The zero-order chi connectivity index (χ0) is 15.6. The molecule has 110 valence electrons. The molecule has 1 heterocycles. The molecule has 0 saturated heterocycles. The lowest BCUT2D eigenvalue weighted by Crippen LogP contribution is -2.37. The van der Waals surface area contributed by atoms with Crippen molar-refractivity contribution in [3.05, 3.63) is 34.6 Å². The van der Waals surface area contributed by atoms with Crippen molar-refractivity contribution in [3.63, 3.8) is 0 Å². The fourth-order valence-corrected chi connectivity index (χ4v) is 1.69. The van der Waals surface area contributed by atoms with Crippen molar-refractivity contribution in [3.8, 4) is 0 Å². The van der Waals surface area contributed by atoms with Gasteiger partial charge in [-0.15, -0.1) is 0 Å². The molecule has 1 amide bonds. The molecule has 1 aromatic carbocycles. The normalized spacial score (nSPS) is 11.3. The number of carbonyl (C=O) groups is 1. The average molecular weight is 289 g/mol. The summed E-state index contributed by atoms with van der Waals surface area (Å²) in [6.07, 6.45) is 1.35. The second kappa shape index (κ2) is 5.31. The summed E-state index contributed by atoms with van der Waals surface area (Å²) in [6.45, 7) is 3.67. The summed E-state index contributed by atoms with van der Waals surface area (Å²) in [5, 5.41) is 14.4. The highest BCUT2D eigenvalue weighted by atomic mass is 16.6. The van der Waals surface area contributed by atoms with E-state index < -0.39 is 16.2 Å². The first-order valence-corrected chi connectivity index (χ1v) is 6.24. The number of hydrogen-bond acceptors (Lipinski definition) is 6. The third-order valence-corrected chi connectivity index (χ3v) is 3.19. The van der Waals surface area contributed by atoms with Gasteiger partial charge in [-0.05, 0) is 19.9 Å². The summed E-state index contributed by atoms with van der Waals surface area (Å²) in [5.41, 5.74) is 5.08. The Kier molecular flexibility index (Phi) is 3.70. The van der Waals surface area contributed by atoms with E-state index in [4.69, 9.17) is 5.73 Å². The number of nitrogens with zero attached hydrogens (tertiary/aromatic N) is 3. The first-order valence-electron chi connectivity index (χ1n) is 6.24. The van der Waals surface area contributed by atoms with Gasteiger partial charge in [-0.25, -0.2) is 9.97 Å². The molecule has 2 rings (SSSR count). The maximum absolute atomic E-state index is 11.3. The second-order valence-corrected chi connectivity index (χ2v) is 5.28. The minimum Gasteiger partial charge on any atom is -0.369 e. The van der Waals surface area contributed by atoms with Crippen LogP contribution in [0.15, 0.2) is 24.5 Å². The molecule has 3 N–H and O–H groups in total. The molecule has 0 aliphatic carbocycles. The van der Waals surface area contributed by atoms with Crippen molar-refractivity contribution in [2.24, 2.45) is 11.1 Å². The van der Waals surface area contributed by atoms with Crippen LogP contribution in [-0.2, 0) is 4.79 Å². The van der Waals surface area contributed by atoms with Gasteiger partial charge in [0.1, 0.15) is 12.1 Å². The van der Waals surface area contributed by atoms with E-state index in [-0.39, 0.29) is 12.2 Å². The molecular weight excluding hydrogens is 274 g/mol. The molecule has 0 atom stereocenters. The number of primary amides is 1. The van der Waals surface area contributed by atoms with Crippen LogP contribution in [0.5, 0.6) is 0 Å². The smallest absolute Gasteiger partial charge is 0.270 e. The Morgan fingerprint density at radius 3 is 2.76 bits per heavy atom. The summed E-state index contributed by atoms with van der Waals surface area (Å²) >= 11 is 0. The van der Waals surface area contributed by atoms with Gasteiger partial charge in [0.05, 0.1) is 15.9 Å². The molecule has 0 spiro atoms. The molecule has 0 fully saturated rings. The van der Waals surface area contributed by atoms with Crippen molar-refractivity contribution < 1.29 is 9.72 Å². The molecular formula is C13H15N5O3. The van der Waals surface area contributed by atoms with Crippen molar-refractivity contribution in [1.82, 2.24) is 9.97 Å². The fraction of sp³-hybridized carbons (Fsp3) is 0.308. The van der Waals surface area contributed by atoms with Gasteiger partial charge >= 0.3 is 0 Å². The van der Waals surface area contributed by atoms with Crippen LogP contribution in [0.2, 0.25) is 0 Å². The van der Waals surface area contributed by atoms with E-state index in [1.54, 1.807) is 19.9 Å². The van der Waals surface area contributed by atoms with Crippen LogP contribution in [0.4, 0.5) is 11.5 Å². The number of aromatic nitrogens is 2. The Hall–Kier alpha value is -2.77. The van der Waals surface area contributed by atoms with Crippen molar-refractivity contribution >= 4 is 28.3 Å². The molecule has 0 radical (unpaired) electrons. The first kappa shape index (κ1) is 14.6. The number of rotatable bonds is 5. The lowest BCUT2D eigenvalue weighted by atomic mass is 9.93. The van der Waals surface area contributed by atoms with Gasteiger partial charge in [0, 0.05) is 24.1 Å². The minimum absolute atomic E-state index is 0.0467. The van der Waals surface area contributed by atoms with Gasteiger partial charge in [0.25, 0.3) is 5.69 Å². The average Bonchev–Trinajstić information content (AvgIpc) is 2.44. The van der Waals surface area contributed by atoms with Crippen LogP contribution in [0.3, 0.4) is 0 Å². The number of nitrogens with two attached hydrogens (primary N) is 1. The predicted molar refractivity (Wildman–Crippen MR) is 77.7 cm³/mol. The number of nitrogens with one attached hydrogen (secondary N) is 1. The molecule has 8 nitrogen and oxygen atoms in total. The number of carbonyl (C=O) groups excluding carboxylic acids is 1. The van der Waals surface area contributed by atoms with E-state index in [1.165, 1.54) is 18.5 Å². The van der Waals surface area contributed by atoms with Crippen LogP contribution in [0, 0.1) is 15.5 Å². The van der Waals surface area contributed by atoms with Gasteiger partial charge in [0.15, 0.2) is 0 Å². The van der Waals surface area contributed by atoms with E-state index in [0.717, 1.165) is 0 Å². The van der Waals surface area contributed by atoms with Gasteiger partial charge in [0.2, 0.25) is 5.91 Å². The lowest BCUT2D eigenvalue weighted by molar-refractivity contribution is -0.384. The zero-order valence-electron chi connectivity index (χ0n) is 11.7. The number of amides is 1. The Balaban J connectivity index is 2.37. The van der Waals surface area contributed by atoms with Crippen molar-refractivity contribution in [1.29, 1.82) is 0 Å². The Morgan fingerprint density at radius 1 is 1.43 bits per heavy atom. The van der Waals surface area contributed by atoms with Gasteiger partial charge < -0.3 is 11.1 Å².